The lowest BCUT2D eigenvalue weighted by Crippen LogP contribution is -2.30. The number of para-hydroxylation sites is 1. The molecule has 128 valence electrons. The number of ether oxygens (including phenoxy) is 2. The van der Waals surface area contributed by atoms with Gasteiger partial charge < -0.3 is 14.8 Å². The van der Waals surface area contributed by atoms with Crippen molar-refractivity contribution in [2.24, 2.45) is 0 Å². The number of amides is 1. The predicted octanol–water partition coefficient (Wildman–Crippen LogP) is 4.64. The predicted molar refractivity (Wildman–Crippen MR) is 83.3 cm³/mol. The first-order valence-electron chi connectivity index (χ1n) is 6.82. The van der Waals surface area contributed by atoms with E-state index in [1.54, 1.807) is 24.3 Å². The van der Waals surface area contributed by atoms with Gasteiger partial charge in [0.15, 0.2) is 6.10 Å². The monoisotopic (exact) mass is 359 g/mol. The van der Waals surface area contributed by atoms with E-state index in [0.717, 1.165) is 12.1 Å². The van der Waals surface area contributed by atoms with Crippen LogP contribution in [-0.4, -0.2) is 18.4 Å². The second-order valence-electron chi connectivity index (χ2n) is 4.76. The Balaban J connectivity index is 2.01. The molecule has 0 aliphatic carbocycles. The lowest BCUT2D eigenvalue weighted by Gasteiger charge is -2.16. The molecule has 1 atom stereocenters. The third-order valence-corrected chi connectivity index (χ3v) is 3.16. The van der Waals surface area contributed by atoms with E-state index in [0.29, 0.717) is 10.8 Å². The molecule has 2 aromatic rings. The van der Waals surface area contributed by atoms with Gasteiger partial charge in [0.2, 0.25) is 0 Å². The fraction of sp³-hybridized carbons (Fsp3) is 0.188. The van der Waals surface area contributed by atoms with Crippen LogP contribution in [0, 0.1) is 0 Å². The second-order valence-corrected chi connectivity index (χ2v) is 5.16. The van der Waals surface area contributed by atoms with Gasteiger partial charge in [-0.1, -0.05) is 29.8 Å². The molecule has 0 heterocycles. The van der Waals surface area contributed by atoms with E-state index in [4.69, 9.17) is 16.3 Å². The summed E-state index contributed by atoms with van der Waals surface area (Å²) in [7, 11) is 0. The number of rotatable bonds is 5. The zero-order valence-electron chi connectivity index (χ0n) is 12.4. The van der Waals surface area contributed by atoms with Gasteiger partial charge in [-0.25, -0.2) is 0 Å². The number of hydrogen-bond acceptors (Lipinski definition) is 3. The number of hydrogen-bond donors (Lipinski definition) is 1. The van der Waals surface area contributed by atoms with Gasteiger partial charge in [-0.3, -0.25) is 4.79 Å². The van der Waals surface area contributed by atoms with Gasteiger partial charge in [0.1, 0.15) is 11.5 Å². The van der Waals surface area contributed by atoms with Gasteiger partial charge in [0, 0.05) is 11.8 Å². The van der Waals surface area contributed by atoms with Crippen molar-refractivity contribution >= 4 is 23.2 Å². The van der Waals surface area contributed by atoms with Crippen molar-refractivity contribution in [2.75, 3.05) is 5.32 Å². The highest BCUT2D eigenvalue weighted by atomic mass is 35.5. The van der Waals surface area contributed by atoms with Crippen LogP contribution in [0.15, 0.2) is 48.5 Å². The Morgan fingerprint density at radius 3 is 2.54 bits per heavy atom. The lowest BCUT2D eigenvalue weighted by molar-refractivity contribution is -0.274. The quantitative estimate of drug-likeness (QED) is 0.845. The van der Waals surface area contributed by atoms with Crippen molar-refractivity contribution in [1.29, 1.82) is 0 Å². The zero-order chi connectivity index (χ0) is 17.7. The molecule has 1 unspecified atom stereocenters. The fourth-order valence-electron chi connectivity index (χ4n) is 1.80. The van der Waals surface area contributed by atoms with E-state index in [1.807, 2.05) is 0 Å². The summed E-state index contributed by atoms with van der Waals surface area (Å²) in [6, 6.07) is 11.6. The van der Waals surface area contributed by atoms with Crippen molar-refractivity contribution < 1.29 is 27.4 Å². The SMILES string of the molecule is CC(Oc1ccccc1Cl)C(=O)Nc1cccc(OC(F)(F)F)c1. The van der Waals surface area contributed by atoms with Crippen LogP contribution in [0.3, 0.4) is 0 Å². The fourth-order valence-corrected chi connectivity index (χ4v) is 1.98. The molecule has 1 N–H and O–H groups in total. The molecule has 2 rings (SSSR count). The summed E-state index contributed by atoms with van der Waals surface area (Å²) in [5, 5.41) is 2.80. The highest BCUT2D eigenvalue weighted by molar-refractivity contribution is 6.32. The summed E-state index contributed by atoms with van der Waals surface area (Å²) < 4.78 is 45.8. The molecule has 0 radical (unpaired) electrons. The second kappa shape index (κ2) is 7.44. The molecule has 8 heteroatoms. The van der Waals surface area contributed by atoms with Crippen LogP contribution in [0.1, 0.15) is 6.92 Å². The van der Waals surface area contributed by atoms with E-state index in [2.05, 4.69) is 10.1 Å². The summed E-state index contributed by atoms with van der Waals surface area (Å²) in [5.41, 5.74) is 0.149. The van der Waals surface area contributed by atoms with E-state index >= 15 is 0 Å². The van der Waals surface area contributed by atoms with Crippen molar-refractivity contribution in [3.05, 3.63) is 53.6 Å². The smallest absolute Gasteiger partial charge is 0.479 e. The van der Waals surface area contributed by atoms with Gasteiger partial charge in [0.25, 0.3) is 5.91 Å². The molecule has 0 bridgehead atoms. The average molecular weight is 360 g/mol. The molecule has 0 aliphatic rings. The Bertz CT molecular complexity index is 722. The maximum Gasteiger partial charge on any atom is 0.573 e. The normalized spacial score (nSPS) is 12.4. The number of benzene rings is 2. The maximum absolute atomic E-state index is 12.2. The Labute approximate surface area is 141 Å². The van der Waals surface area contributed by atoms with E-state index in [1.165, 1.54) is 19.1 Å². The van der Waals surface area contributed by atoms with Gasteiger partial charge in [-0.15, -0.1) is 13.2 Å². The molecule has 0 fully saturated rings. The van der Waals surface area contributed by atoms with Crippen LogP contribution < -0.4 is 14.8 Å². The molecule has 4 nitrogen and oxygen atoms in total. The van der Waals surface area contributed by atoms with Crippen molar-refractivity contribution in [2.45, 2.75) is 19.4 Å². The molecule has 0 aliphatic heterocycles. The topological polar surface area (TPSA) is 47.6 Å². The van der Waals surface area contributed by atoms with Crippen LogP contribution >= 0.6 is 11.6 Å². The zero-order valence-corrected chi connectivity index (χ0v) is 13.2. The van der Waals surface area contributed by atoms with Gasteiger partial charge in [-0.2, -0.15) is 0 Å². The molecule has 0 saturated heterocycles. The van der Waals surface area contributed by atoms with Crippen molar-refractivity contribution in [3.63, 3.8) is 0 Å². The van der Waals surface area contributed by atoms with Crippen LogP contribution in [0.25, 0.3) is 0 Å². The van der Waals surface area contributed by atoms with Gasteiger partial charge >= 0.3 is 6.36 Å². The Kier molecular flexibility index (Phi) is 5.56. The first-order chi connectivity index (χ1) is 11.2. The minimum atomic E-state index is -4.80. The molecule has 0 aromatic heterocycles. The number of carbonyl (C=O) groups is 1. The highest BCUT2D eigenvalue weighted by Gasteiger charge is 2.31. The van der Waals surface area contributed by atoms with Crippen LogP contribution in [0.2, 0.25) is 5.02 Å². The van der Waals surface area contributed by atoms with E-state index in [9.17, 15) is 18.0 Å². The van der Waals surface area contributed by atoms with E-state index in [-0.39, 0.29) is 5.69 Å². The molecule has 2 aromatic carbocycles. The molecular weight excluding hydrogens is 347 g/mol. The third-order valence-electron chi connectivity index (χ3n) is 2.84. The molecule has 0 saturated carbocycles. The van der Waals surface area contributed by atoms with Gasteiger partial charge in [0.05, 0.1) is 5.02 Å². The minimum absolute atomic E-state index is 0.149. The first kappa shape index (κ1) is 17.9. The highest BCUT2D eigenvalue weighted by Crippen LogP contribution is 2.26. The lowest BCUT2D eigenvalue weighted by atomic mass is 10.2. The maximum atomic E-state index is 12.2. The molecule has 0 spiro atoms. The van der Waals surface area contributed by atoms with Gasteiger partial charge in [-0.05, 0) is 31.2 Å². The Hall–Kier alpha value is -2.41. The molecular formula is C16H13ClF3NO3. The number of halogens is 4. The average Bonchev–Trinajstić information content (AvgIpc) is 2.48. The number of carbonyl (C=O) groups excluding carboxylic acids is 1. The largest absolute Gasteiger partial charge is 0.573 e. The molecule has 1 amide bonds. The molecule has 24 heavy (non-hydrogen) atoms. The van der Waals surface area contributed by atoms with Crippen LogP contribution in [0.4, 0.5) is 18.9 Å². The van der Waals surface area contributed by atoms with Crippen LogP contribution in [-0.2, 0) is 4.79 Å². The summed E-state index contributed by atoms with van der Waals surface area (Å²) >= 11 is 5.94. The number of nitrogens with one attached hydrogen (secondary N) is 1. The number of anilines is 1. The summed E-state index contributed by atoms with van der Waals surface area (Å²) in [6.45, 7) is 1.49. The third kappa shape index (κ3) is 5.34. The summed E-state index contributed by atoms with van der Waals surface area (Å²) in [6.07, 6.45) is -5.71. The Morgan fingerprint density at radius 1 is 1.17 bits per heavy atom. The van der Waals surface area contributed by atoms with Crippen LogP contribution in [0.5, 0.6) is 11.5 Å². The summed E-state index contributed by atoms with van der Waals surface area (Å²) in [5.74, 6) is -0.643. The Morgan fingerprint density at radius 2 is 1.88 bits per heavy atom. The standard InChI is InChI=1S/C16H13ClF3NO3/c1-10(23-14-8-3-2-7-13(14)17)15(22)21-11-5-4-6-12(9-11)24-16(18,19)20/h2-10H,1H3,(H,21,22). The van der Waals surface area contributed by atoms with E-state index < -0.39 is 24.1 Å². The number of alkyl halides is 3. The van der Waals surface area contributed by atoms with Crippen molar-refractivity contribution in [1.82, 2.24) is 0 Å². The van der Waals surface area contributed by atoms with Crippen molar-refractivity contribution in [3.8, 4) is 11.5 Å². The summed E-state index contributed by atoms with van der Waals surface area (Å²) in [4.78, 5) is 12.1. The first-order valence-corrected chi connectivity index (χ1v) is 7.20. The minimum Gasteiger partial charge on any atom is -0.479 e.